The van der Waals surface area contributed by atoms with Gasteiger partial charge in [0.15, 0.2) is 0 Å². The summed E-state index contributed by atoms with van der Waals surface area (Å²) in [7, 11) is 2.04. The van der Waals surface area contributed by atoms with Crippen LogP contribution < -0.4 is 5.32 Å². The maximum atomic E-state index is 4.40. The topological polar surface area (TPSA) is 33.1 Å². The molecule has 0 bridgehead atoms. The SMILES string of the molecule is CNCC1CCCN1Cc1ccnn1C(C)C. The quantitative estimate of drug-likeness (QED) is 0.844. The molecule has 1 atom stereocenters. The van der Waals surface area contributed by atoms with Crippen molar-refractivity contribution in [1.82, 2.24) is 20.0 Å². The number of likely N-dealkylation sites (N-methyl/N-ethyl adjacent to an activating group) is 1. The van der Waals surface area contributed by atoms with Crippen molar-refractivity contribution < 1.29 is 0 Å². The van der Waals surface area contributed by atoms with Crippen LogP contribution in [0.5, 0.6) is 0 Å². The Morgan fingerprint density at radius 1 is 1.53 bits per heavy atom. The molecule has 17 heavy (non-hydrogen) atoms. The lowest BCUT2D eigenvalue weighted by atomic mass is 10.2. The minimum absolute atomic E-state index is 0.449. The van der Waals surface area contributed by atoms with E-state index in [9.17, 15) is 0 Å². The number of nitrogens with zero attached hydrogens (tertiary/aromatic N) is 3. The fraction of sp³-hybridized carbons (Fsp3) is 0.769. The molecule has 0 radical (unpaired) electrons. The molecule has 0 spiro atoms. The summed E-state index contributed by atoms with van der Waals surface area (Å²) in [6.45, 7) is 7.72. The first-order valence-electron chi connectivity index (χ1n) is 6.63. The molecule has 1 aromatic heterocycles. The van der Waals surface area contributed by atoms with Gasteiger partial charge in [0, 0.05) is 31.4 Å². The summed E-state index contributed by atoms with van der Waals surface area (Å²) in [6, 6.07) is 3.29. The van der Waals surface area contributed by atoms with Crippen LogP contribution in [-0.4, -0.2) is 40.9 Å². The van der Waals surface area contributed by atoms with E-state index in [0.29, 0.717) is 12.1 Å². The van der Waals surface area contributed by atoms with Gasteiger partial charge in [-0.3, -0.25) is 9.58 Å². The van der Waals surface area contributed by atoms with Gasteiger partial charge >= 0.3 is 0 Å². The Morgan fingerprint density at radius 3 is 3.06 bits per heavy atom. The lowest BCUT2D eigenvalue weighted by Gasteiger charge is -2.25. The first kappa shape index (κ1) is 12.6. The van der Waals surface area contributed by atoms with Gasteiger partial charge in [0.2, 0.25) is 0 Å². The van der Waals surface area contributed by atoms with Crippen LogP contribution in [0.1, 0.15) is 38.4 Å². The molecule has 2 rings (SSSR count). The molecule has 0 amide bonds. The summed E-state index contributed by atoms with van der Waals surface area (Å²) in [5.74, 6) is 0. The number of likely N-dealkylation sites (tertiary alicyclic amines) is 1. The van der Waals surface area contributed by atoms with E-state index in [-0.39, 0.29) is 0 Å². The van der Waals surface area contributed by atoms with Gasteiger partial charge in [-0.1, -0.05) is 0 Å². The first-order valence-corrected chi connectivity index (χ1v) is 6.63. The maximum absolute atomic E-state index is 4.40. The van der Waals surface area contributed by atoms with Crippen molar-refractivity contribution in [1.29, 1.82) is 0 Å². The average Bonchev–Trinajstić information content (AvgIpc) is 2.89. The van der Waals surface area contributed by atoms with Crippen LogP contribution in [0.2, 0.25) is 0 Å². The molecular formula is C13H24N4. The second kappa shape index (κ2) is 5.65. The predicted molar refractivity (Wildman–Crippen MR) is 70.0 cm³/mol. The lowest BCUT2D eigenvalue weighted by molar-refractivity contribution is 0.233. The Hall–Kier alpha value is -0.870. The maximum Gasteiger partial charge on any atom is 0.0527 e. The number of hydrogen-bond acceptors (Lipinski definition) is 3. The second-order valence-corrected chi connectivity index (χ2v) is 5.19. The number of nitrogens with one attached hydrogen (secondary N) is 1. The molecule has 96 valence electrons. The van der Waals surface area contributed by atoms with Crippen molar-refractivity contribution in [3.05, 3.63) is 18.0 Å². The largest absolute Gasteiger partial charge is 0.318 e. The highest BCUT2D eigenvalue weighted by Gasteiger charge is 2.24. The van der Waals surface area contributed by atoms with Gasteiger partial charge in [-0.2, -0.15) is 5.10 Å². The molecule has 1 N–H and O–H groups in total. The van der Waals surface area contributed by atoms with E-state index in [4.69, 9.17) is 0 Å². The van der Waals surface area contributed by atoms with E-state index in [1.54, 1.807) is 0 Å². The minimum Gasteiger partial charge on any atom is -0.318 e. The summed E-state index contributed by atoms with van der Waals surface area (Å²) in [5, 5.41) is 7.70. The molecule has 2 heterocycles. The van der Waals surface area contributed by atoms with Crippen molar-refractivity contribution in [3.8, 4) is 0 Å². The Bertz CT molecular complexity index is 345. The number of aromatic nitrogens is 2. The highest BCUT2D eigenvalue weighted by Crippen LogP contribution is 2.20. The fourth-order valence-corrected chi connectivity index (χ4v) is 2.71. The smallest absolute Gasteiger partial charge is 0.0527 e. The van der Waals surface area contributed by atoms with Crippen molar-refractivity contribution >= 4 is 0 Å². The van der Waals surface area contributed by atoms with Gasteiger partial charge in [-0.25, -0.2) is 0 Å². The van der Waals surface area contributed by atoms with E-state index in [1.807, 2.05) is 13.2 Å². The zero-order chi connectivity index (χ0) is 12.3. The van der Waals surface area contributed by atoms with Crippen molar-refractivity contribution in [3.63, 3.8) is 0 Å². The van der Waals surface area contributed by atoms with E-state index < -0.39 is 0 Å². The third kappa shape index (κ3) is 2.87. The van der Waals surface area contributed by atoms with Crippen molar-refractivity contribution in [2.45, 2.75) is 45.3 Å². The Labute approximate surface area is 104 Å². The van der Waals surface area contributed by atoms with Crippen LogP contribution in [0.15, 0.2) is 12.3 Å². The third-order valence-electron chi connectivity index (χ3n) is 3.55. The molecular weight excluding hydrogens is 212 g/mol. The van der Waals surface area contributed by atoms with Crippen LogP contribution in [0.25, 0.3) is 0 Å². The Balaban J connectivity index is 2.02. The molecule has 1 aliphatic rings. The summed E-state index contributed by atoms with van der Waals surface area (Å²) >= 11 is 0. The highest BCUT2D eigenvalue weighted by atomic mass is 15.3. The summed E-state index contributed by atoms with van der Waals surface area (Å²) in [4.78, 5) is 2.58. The number of rotatable bonds is 5. The summed E-state index contributed by atoms with van der Waals surface area (Å²) in [6.07, 6.45) is 4.55. The van der Waals surface area contributed by atoms with Crippen molar-refractivity contribution in [2.24, 2.45) is 0 Å². The monoisotopic (exact) mass is 236 g/mol. The Morgan fingerprint density at radius 2 is 2.35 bits per heavy atom. The van der Waals surface area contributed by atoms with Crippen LogP contribution in [0, 0.1) is 0 Å². The molecule has 0 aliphatic carbocycles. The molecule has 0 saturated carbocycles. The molecule has 1 saturated heterocycles. The fourth-order valence-electron chi connectivity index (χ4n) is 2.71. The average molecular weight is 236 g/mol. The van der Waals surface area contributed by atoms with E-state index in [1.165, 1.54) is 25.1 Å². The van der Waals surface area contributed by atoms with Gasteiger partial charge in [0.25, 0.3) is 0 Å². The van der Waals surface area contributed by atoms with E-state index >= 15 is 0 Å². The van der Waals surface area contributed by atoms with Gasteiger partial charge in [-0.15, -0.1) is 0 Å². The van der Waals surface area contributed by atoms with Gasteiger partial charge in [-0.05, 0) is 46.3 Å². The van der Waals surface area contributed by atoms with Gasteiger partial charge in [0.1, 0.15) is 0 Å². The predicted octanol–water partition coefficient (Wildman–Crippen LogP) is 1.65. The molecule has 1 aliphatic heterocycles. The summed E-state index contributed by atoms with van der Waals surface area (Å²) in [5.41, 5.74) is 1.34. The standard InChI is InChI=1S/C13H24N4/c1-11(2)17-13(6-7-15-17)10-16-8-4-5-12(16)9-14-3/h6-7,11-12,14H,4-5,8-10H2,1-3H3. The van der Waals surface area contributed by atoms with Crippen LogP contribution in [0.4, 0.5) is 0 Å². The lowest BCUT2D eigenvalue weighted by Crippen LogP contribution is -2.36. The van der Waals surface area contributed by atoms with Crippen LogP contribution in [-0.2, 0) is 6.54 Å². The molecule has 4 heteroatoms. The number of hydrogen-bond donors (Lipinski definition) is 1. The first-order chi connectivity index (χ1) is 8.22. The van der Waals surface area contributed by atoms with E-state index in [2.05, 4.69) is 39.9 Å². The molecule has 1 fully saturated rings. The van der Waals surface area contributed by atoms with E-state index in [0.717, 1.165) is 13.1 Å². The van der Waals surface area contributed by atoms with Gasteiger partial charge < -0.3 is 5.32 Å². The normalized spacial score (nSPS) is 21.5. The van der Waals surface area contributed by atoms with Crippen molar-refractivity contribution in [2.75, 3.05) is 20.1 Å². The molecule has 0 aromatic carbocycles. The van der Waals surface area contributed by atoms with Crippen LogP contribution >= 0.6 is 0 Å². The molecule has 1 unspecified atom stereocenters. The zero-order valence-corrected chi connectivity index (χ0v) is 11.2. The molecule has 1 aromatic rings. The molecule has 4 nitrogen and oxygen atoms in total. The zero-order valence-electron chi connectivity index (χ0n) is 11.2. The highest BCUT2D eigenvalue weighted by molar-refractivity contribution is 5.02. The van der Waals surface area contributed by atoms with Crippen LogP contribution in [0.3, 0.4) is 0 Å². The third-order valence-corrected chi connectivity index (χ3v) is 3.55. The minimum atomic E-state index is 0.449. The van der Waals surface area contributed by atoms with Gasteiger partial charge in [0.05, 0.1) is 5.69 Å². The summed E-state index contributed by atoms with van der Waals surface area (Å²) < 4.78 is 2.13. The second-order valence-electron chi connectivity index (χ2n) is 5.19. The Kier molecular flexibility index (Phi) is 4.18.